The summed E-state index contributed by atoms with van der Waals surface area (Å²) in [4.78, 5) is 15.4. The zero-order valence-corrected chi connectivity index (χ0v) is 29.6. The van der Waals surface area contributed by atoms with Crippen LogP contribution in [0.3, 0.4) is 0 Å². The molecule has 1 fully saturated rings. The van der Waals surface area contributed by atoms with Crippen molar-refractivity contribution in [3.8, 4) is 0 Å². The number of nitrogens with zero attached hydrogens (tertiary/aromatic N) is 2. The minimum absolute atomic E-state index is 0. The van der Waals surface area contributed by atoms with Gasteiger partial charge in [0, 0.05) is 35.5 Å². The molecule has 0 aliphatic carbocycles. The molecule has 230 valence electrons. The van der Waals surface area contributed by atoms with E-state index in [9.17, 15) is 0 Å². The number of para-hydroxylation sites is 2. The van der Waals surface area contributed by atoms with Crippen molar-refractivity contribution in [2.24, 2.45) is 0 Å². The SMILES string of the molecule is C1CCOC1.CC(C)c1cccc(C(C)C)c1[NH+]=Cc1ccc[n-]1.CC(C)c1cccc(C(C)C)c1[NH+]=Cc1ccc[n-]1.[Mg+2]. The standard InChI is InChI=1S/2C17H21N2.C4H8O.Mg/c2*1-12(2)15-8-5-9-16(13(3)4)17(15)19-11-14-7-6-10-18-14;1-2-4-5-3-1;/h2*5-13H,1-4H3;1-4H2;/q2*-1;;+2/p+2. The smallest absolute Gasteiger partial charge is 0.659 e. The van der Waals surface area contributed by atoms with Crippen molar-refractivity contribution in [2.45, 2.75) is 91.9 Å². The van der Waals surface area contributed by atoms with Crippen molar-refractivity contribution in [1.29, 1.82) is 0 Å². The molecule has 0 atom stereocenters. The molecule has 1 saturated heterocycles. The zero-order chi connectivity index (χ0) is 31.2. The van der Waals surface area contributed by atoms with E-state index in [0.29, 0.717) is 23.7 Å². The average Bonchev–Trinajstić information content (AvgIpc) is 3.80. The largest absolute Gasteiger partial charge is 2.00 e. The number of rotatable bonds is 8. The fourth-order valence-corrected chi connectivity index (χ4v) is 5.04. The predicted molar refractivity (Wildman–Crippen MR) is 186 cm³/mol. The van der Waals surface area contributed by atoms with E-state index < -0.39 is 0 Å². The molecule has 0 bridgehead atoms. The number of hydrogen-bond acceptors (Lipinski definition) is 1. The minimum atomic E-state index is 0. The Hall–Kier alpha value is -2.93. The maximum absolute atomic E-state index is 4.94. The topological polar surface area (TPSA) is 65.4 Å². The van der Waals surface area contributed by atoms with Gasteiger partial charge in [-0.25, -0.2) is 9.98 Å². The zero-order valence-electron chi connectivity index (χ0n) is 28.2. The molecule has 0 amide bonds. The van der Waals surface area contributed by atoms with Gasteiger partial charge < -0.3 is 14.7 Å². The Balaban J connectivity index is 0.000000259. The van der Waals surface area contributed by atoms with Gasteiger partial charge in [-0.15, -0.1) is 0 Å². The van der Waals surface area contributed by atoms with Gasteiger partial charge in [0.05, 0.1) is 0 Å². The third-order valence-electron chi connectivity index (χ3n) is 7.46. The Kier molecular flexibility index (Phi) is 16.5. The van der Waals surface area contributed by atoms with Crippen molar-refractivity contribution in [2.75, 3.05) is 13.2 Å². The first-order valence-electron chi connectivity index (χ1n) is 15.9. The second-order valence-corrected chi connectivity index (χ2v) is 12.3. The van der Waals surface area contributed by atoms with Crippen LogP contribution in [0.15, 0.2) is 73.1 Å². The molecule has 1 aliphatic rings. The average molecular weight is 605 g/mol. The molecule has 2 aromatic carbocycles. The molecular weight excluding hydrogens is 553 g/mol. The third-order valence-corrected chi connectivity index (χ3v) is 7.46. The van der Waals surface area contributed by atoms with E-state index in [1.165, 1.54) is 46.5 Å². The molecule has 2 N–H and O–H groups in total. The second kappa shape index (κ2) is 19.5. The van der Waals surface area contributed by atoms with E-state index in [0.717, 1.165) is 24.6 Å². The molecule has 0 spiro atoms. The van der Waals surface area contributed by atoms with Crippen LogP contribution >= 0.6 is 0 Å². The molecule has 0 saturated carbocycles. The van der Waals surface area contributed by atoms with Crippen LogP contribution in [0, 0.1) is 0 Å². The Morgan fingerprint density at radius 2 is 0.886 bits per heavy atom. The predicted octanol–water partition coefficient (Wildman–Crippen LogP) is 5.86. The van der Waals surface area contributed by atoms with E-state index in [1.807, 2.05) is 49.1 Å². The molecule has 44 heavy (non-hydrogen) atoms. The van der Waals surface area contributed by atoms with Crippen molar-refractivity contribution >= 4 is 46.9 Å². The summed E-state index contributed by atoms with van der Waals surface area (Å²) >= 11 is 0. The van der Waals surface area contributed by atoms with E-state index in [1.54, 1.807) is 0 Å². The third kappa shape index (κ3) is 11.5. The van der Waals surface area contributed by atoms with Crippen LogP contribution in [-0.4, -0.2) is 48.7 Å². The van der Waals surface area contributed by atoms with E-state index in [2.05, 4.69) is 112 Å². The van der Waals surface area contributed by atoms with Crippen LogP contribution in [0.25, 0.3) is 0 Å². The van der Waals surface area contributed by atoms with Crippen molar-refractivity contribution in [1.82, 2.24) is 9.97 Å². The monoisotopic (exact) mass is 604 g/mol. The Morgan fingerprint density at radius 1 is 0.545 bits per heavy atom. The summed E-state index contributed by atoms with van der Waals surface area (Å²) in [6.45, 7) is 19.8. The van der Waals surface area contributed by atoms with Gasteiger partial charge >= 0.3 is 23.1 Å². The summed E-state index contributed by atoms with van der Waals surface area (Å²) in [6, 6.07) is 21.0. The number of hydrogen-bond donors (Lipinski definition) is 2. The van der Waals surface area contributed by atoms with Crippen LogP contribution in [0.1, 0.15) is 126 Å². The molecule has 5 nitrogen and oxygen atoms in total. The van der Waals surface area contributed by atoms with Crippen molar-refractivity contribution < 1.29 is 14.7 Å². The Morgan fingerprint density at radius 3 is 1.11 bits per heavy atom. The number of nitrogens with one attached hydrogen (secondary N) is 2. The van der Waals surface area contributed by atoms with Crippen molar-refractivity contribution in [3.05, 3.63) is 107 Å². The van der Waals surface area contributed by atoms with Gasteiger partial charge in [-0.2, -0.15) is 12.4 Å². The van der Waals surface area contributed by atoms with Gasteiger partial charge in [-0.3, -0.25) is 0 Å². The van der Waals surface area contributed by atoms with Gasteiger partial charge in [0.1, 0.15) is 0 Å². The first-order valence-corrected chi connectivity index (χ1v) is 15.9. The summed E-state index contributed by atoms with van der Waals surface area (Å²) in [5.41, 5.74) is 9.82. The second-order valence-electron chi connectivity index (χ2n) is 12.3. The molecular formula is C38H52MgN4O+2. The van der Waals surface area contributed by atoms with Gasteiger partial charge in [-0.1, -0.05) is 127 Å². The minimum Gasteiger partial charge on any atom is -0.659 e. The van der Waals surface area contributed by atoms with Crippen LogP contribution < -0.4 is 20.0 Å². The van der Waals surface area contributed by atoms with E-state index in [-0.39, 0.29) is 23.1 Å². The normalized spacial score (nSPS) is 13.0. The summed E-state index contributed by atoms with van der Waals surface area (Å²) in [7, 11) is 0. The first kappa shape index (κ1) is 37.3. The fourth-order valence-electron chi connectivity index (χ4n) is 5.04. The summed E-state index contributed by atoms with van der Waals surface area (Å²) < 4.78 is 4.94. The summed E-state index contributed by atoms with van der Waals surface area (Å²) in [6.07, 6.45) is 10.1. The molecule has 1 aliphatic heterocycles. The maximum Gasteiger partial charge on any atom is 2.00 e. The van der Waals surface area contributed by atoms with Crippen LogP contribution in [0.5, 0.6) is 0 Å². The molecule has 0 radical (unpaired) electrons. The van der Waals surface area contributed by atoms with Crippen LogP contribution in [0.2, 0.25) is 0 Å². The first-order chi connectivity index (χ1) is 20.7. The molecule has 6 heteroatoms. The maximum atomic E-state index is 4.94. The van der Waals surface area contributed by atoms with Crippen LogP contribution in [-0.2, 0) is 4.74 Å². The summed E-state index contributed by atoms with van der Waals surface area (Å²) in [5, 5.41) is 0. The van der Waals surface area contributed by atoms with Gasteiger partial charge in [0.15, 0.2) is 12.4 Å². The van der Waals surface area contributed by atoms with Gasteiger partial charge in [0.2, 0.25) is 11.4 Å². The quantitative estimate of drug-likeness (QED) is 0.196. The van der Waals surface area contributed by atoms with E-state index in [4.69, 9.17) is 4.74 Å². The number of aromatic nitrogens is 2. The van der Waals surface area contributed by atoms with Crippen LogP contribution in [0.4, 0.5) is 11.4 Å². The van der Waals surface area contributed by atoms with Gasteiger partial charge in [-0.05, 0) is 36.5 Å². The number of benzene rings is 2. The molecule has 2 aromatic heterocycles. The molecule has 5 rings (SSSR count). The summed E-state index contributed by atoms with van der Waals surface area (Å²) in [5.74, 6) is 2.01. The molecule has 0 unspecified atom stereocenters. The number of ether oxygens (including phenoxy) is 1. The molecule has 4 aromatic rings. The molecule has 3 heterocycles. The fraction of sp³-hybridized carbons (Fsp3) is 0.421. The van der Waals surface area contributed by atoms with Gasteiger partial charge in [0.25, 0.3) is 0 Å². The van der Waals surface area contributed by atoms with Crippen molar-refractivity contribution in [3.63, 3.8) is 0 Å². The van der Waals surface area contributed by atoms with E-state index >= 15 is 0 Å². The Bertz CT molecular complexity index is 1230. The Labute approximate surface area is 282 Å².